The molecule has 0 radical (unpaired) electrons. The van der Waals surface area contributed by atoms with Gasteiger partial charge in [-0.15, -0.1) is 0 Å². The van der Waals surface area contributed by atoms with Gasteiger partial charge in [-0.25, -0.2) is 4.79 Å². The van der Waals surface area contributed by atoms with Crippen LogP contribution >= 0.6 is 0 Å². The lowest BCUT2D eigenvalue weighted by Gasteiger charge is -2.14. The molecule has 0 bridgehead atoms. The third-order valence-electron chi connectivity index (χ3n) is 2.55. The maximum absolute atomic E-state index is 12.8. The quantitative estimate of drug-likeness (QED) is 0.736. The molecule has 2 aromatic rings. The fraction of sp³-hybridized carbons (Fsp3) is 0.250. The molecule has 0 unspecified atom stereocenters. The first kappa shape index (κ1) is 12.5. The maximum atomic E-state index is 12.8. The Kier molecular flexibility index (Phi) is 2.80. The third-order valence-corrected chi connectivity index (χ3v) is 2.55. The Morgan fingerprint density at radius 1 is 1.17 bits per heavy atom. The summed E-state index contributed by atoms with van der Waals surface area (Å²) in [5, 5.41) is -0.118. The molecule has 0 amide bonds. The van der Waals surface area contributed by atoms with Crippen molar-refractivity contribution in [1.29, 1.82) is 0 Å². The lowest BCUT2D eigenvalue weighted by molar-refractivity contribution is -0.136. The van der Waals surface area contributed by atoms with E-state index in [1.807, 2.05) is 0 Å². The van der Waals surface area contributed by atoms with E-state index in [1.54, 1.807) is 19.0 Å². The highest BCUT2D eigenvalue weighted by atomic mass is 19.4. The molecule has 0 aliphatic heterocycles. The lowest BCUT2D eigenvalue weighted by Crippen LogP contribution is -2.12. The van der Waals surface area contributed by atoms with E-state index in [0.29, 0.717) is 11.8 Å². The summed E-state index contributed by atoms with van der Waals surface area (Å²) >= 11 is 0. The van der Waals surface area contributed by atoms with Crippen LogP contribution in [0.3, 0.4) is 0 Å². The molecular weight excluding hydrogens is 247 g/mol. The van der Waals surface area contributed by atoms with Crippen LogP contribution < -0.4 is 10.5 Å². The molecule has 1 aromatic carbocycles. The van der Waals surface area contributed by atoms with Gasteiger partial charge in [0, 0.05) is 37.3 Å². The average molecular weight is 257 g/mol. The molecule has 6 heteroatoms. The summed E-state index contributed by atoms with van der Waals surface area (Å²) < 4.78 is 43.1. The monoisotopic (exact) mass is 257 g/mol. The molecule has 18 heavy (non-hydrogen) atoms. The van der Waals surface area contributed by atoms with Crippen LogP contribution in [0.5, 0.6) is 0 Å². The Labute approximate surface area is 100 Å². The van der Waals surface area contributed by atoms with Gasteiger partial charge in [0.2, 0.25) is 0 Å². The van der Waals surface area contributed by atoms with Gasteiger partial charge in [-0.3, -0.25) is 0 Å². The minimum absolute atomic E-state index is 0.0685. The van der Waals surface area contributed by atoms with Gasteiger partial charge >= 0.3 is 11.8 Å². The number of halogens is 3. The van der Waals surface area contributed by atoms with Crippen molar-refractivity contribution in [3.05, 3.63) is 40.2 Å². The second kappa shape index (κ2) is 4.04. The van der Waals surface area contributed by atoms with Gasteiger partial charge in [-0.1, -0.05) is 0 Å². The molecule has 3 nitrogen and oxygen atoms in total. The van der Waals surface area contributed by atoms with Crippen LogP contribution in [0.4, 0.5) is 18.9 Å². The Morgan fingerprint density at radius 2 is 1.83 bits per heavy atom. The number of fused-ring (bicyclic) bond motifs is 1. The van der Waals surface area contributed by atoms with Gasteiger partial charge < -0.3 is 9.32 Å². The predicted molar refractivity (Wildman–Crippen MR) is 61.8 cm³/mol. The Balaban J connectivity index is 2.79. The van der Waals surface area contributed by atoms with Gasteiger partial charge in [0.25, 0.3) is 0 Å². The summed E-state index contributed by atoms with van der Waals surface area (Å²) in [7, 11) is 3.49. The van der Waals surface area contributed by atoms with Crippen molar-refractivity contribution < 1.29 is 17.6 Å². The average Bonchev–Trinajstić information content (AvgIpc) is 2.25. The number of benzene rings is 1. The van der Waals surface area contributed by atoms with Gasteiger partial charge in [0.15, 0.2) is 0 Å². The Hall–Kier alpha value is -1.98. The van der Waals surface area contributed by atoms with Gasteiger partial charge in [0.05, 0.1) is 5.56 Å². The molecule has 0 aliphatic rings. The number of alkyl halides is 3. The van der Waals surface area contributed by atoms with E-state index in [4.69, 9.17) is 4.42 Å². The first-order valence-corrected chi connectivity index (χ1v) is 5.11. The SMILES string of the molecule is CN(C)c1ccc2c(C(F)(F)F)cc(=O)oc2c1. The second-order valence-electron chi connectivity index (χ2n) is 4.05. The van der Waals surface area contributed by atoms with Crippen molar-refractivity contribution in [1.82, 2.24) is 0 Å². The van der Waals surface area contributed by atoms with Crippen LogP contribution in [0, 0.1) is 0 Å². The molecule has 1 aromatic heterocycles. The topological polar surface area (TPSA) is 33.5 Å². The first-order valence-electron chi connectivity index (χ1n) is 5.11. The van der Waals surface area contributed by atoms with Crippen molar-refractivity contribution in [3.63, 3.8) is 0 Å². The van der Waals surface area contributed by atoms with Crippen LogP contribution in [0.25, 0.3) is 11.0 Å². The molecule has 0 fully saturated rings. The molecule has 0 spiro atoms. The Bertz CT molecular complexity index is 644. The largest absolute Gasteiger partial charge is 0.423 e. The van der Waals surface area contributed by atoms with E-state index in [1.165, 1.54) is 18.2 Å². The fourth-order valence-corrected chi connectivity index (χ4v) is 1.66. The Morgan fingerprint density at radius 3 is 2.39 bits per heavy atom. The fourth-order valence-electron chi connectivity index (χ4n) is 1.66. The van der Waals surface area contributed by atoms with Crippen LogP contribution in [0.1, 0.15) is 5.56 Å². The maximum Gasteiger partial charge on any atom is 0.417 e. The minimum Gasteiger partial charge on any atom is -0.423 e. The molecule has 0 N–H and O–H groups in total. The summed E-state index contributed by atoms with van der Waals surface area (Å²) in [5.74, 6) is 0. The lowest BCUT2D eigenvalue weighted by atomic mass is 10.1. The van der Waals surface area contributed by atoms with Crippen molar-refractivity contribution in [2.24, 2.45) is 0 Å². The highest BCUT2D eigenvalue weighted by Gasteiger charge is 2.33. The van der Waals surface area contributed by atoms with Crippen molar-refractivity contribution in [3.8, 4) is 0 Å². The van der Waals surface area contributed by atoms with E-state index in [0.717, 1.165) is 0 Å². The molecular formula is C12H10F3NO2. The second-order valence-corrected chi connectivity index (χ2v) is 4.05. The van der Waals surface area contributed by atoms with Crippen LogP contribution in [-0.4, -0.2) is 14.1 Å². The van der Waals surface area contributed by atoms with Gasteiger partial charge in [-0.2, -0.15) is 13.2 Å². The number of rotatable bonds is 1. The standard InChI is InChI=1S/C12H10F3NO2/c1-16(2)7-3-4-8-9(12(13,14)15)6-11(17)18-10(8)5-7/h3-6H,1-2H3. The third kappa shape index (κ3) is 2.18. The highest BCUT2D eigenvalue weighted by Crippen LogP contribution is 2.34. The van der Waals surface area contributed by atoms with E-state index >= 15 is 0 Å². The summed E-state index contributed by atoms with van der Waals surface area (Å²) in [6, 6.07) is 4.72. The van der Waals surface area contributed by atoms with Gasteiger partial charge in [-0.05, 0) is 12.1 Å². The minimum atomic E-state index is -4.58. The van der Waals surface area contributed by atoms with Crippen molar-refractivity contribution in [2.75, 3.05) is 19.0 Å². The van der Waals surface area contributed by atoms with Crippen molar-refractivity contribution >= 4 is 16.7 Å². The van der Waals surface area contributed by atoms with Crippen LogP contribution in [0.2, 0.25) is 0 Å². The van der Waals surface area contributed by atoms with E-state index in [-0.39, 0.29) is 11.0 Å². The van der Waals surface area contributed by atoms with Crippen molar-refractivity contribution in [2.45, 2.75) is 6.18 Å². The smallest absolute Gasteiger partial charge is 0.417 e. The molecule has 0 saturated carbocycles. The van der Waals surface area contributed by atoms with E-state index < -0.39 is 17.4 Å². The highest BCUT2D eigenvalue weighted by molar-refractivity contribution is 5.84. The number of hydrogen-bond donors (Lipinski definition) is 0. The number of hydrogen-bond acceptors (Lipinski definition) is 3. The summed E-state index contributed by atoms with van der Waals surface area (Å²) in [5.41, 5.74) is -1.39. The normalized spacial score (nSPS) is 11.8. The molecule has 96 valence electrons. The summed E-state index contributed by atoms with van der Waals surface area (Å²) in [6.45, 7) is 0. The number of anilines is 1. The molecule has 0 saturated heterocycles. The zero-order chi connectivity index (χ0) is 13.5. The zero-order valence-corrected chi connectivity index (χ0v) is 9.71. The molecule has 1 heterocycles. The zero-order valence-electron chi connectivity index (χ0n) is 9.71. The van der Waals surface area contributed by atoms with E-state index in [9.17, 15) is 18.0 Å². The summed E-state index contributed by atoms with van der Waals surface area (Å²) in [4.78, 5) is 12.9. The van der Waals surface area contributed by atoms with Gasteiger partial charge in [0.1, 0.15) is 5.58 Å². The predicted octanol–water partition coefficient (Wildman–Crippen LogP) is 2.88. The molecule has 0 aliphatic carbocycles. The van der Waals surface area contributed by atoms with Crippen LogP contribution in [-0.2, 0) is 6.18 Å². The van der Waals surface area contributed by atoms with E-state index in [2.05, 4.69) is 0 Å². The van der Waals surface area contributed by atoms with Crippen LogP contribution in [0.15, 0.2) is 33.5 Å². The number of nitrogens with zero attached hydrogens (tertiary/aromatic N) is 1. The molecule has 2 rings (SSSR count). The summed E-state index contributed by atoms with van der Waals surface area (Å²) in [6.07, 6.45) is -4.58. The molecule has 0 atom stereocenters. The first-order chi connectivity index (χ1) is 8.29.